The minimum absolute atomic E-state index is 0.208. The minimum atomic E-state index is -0.289. The third-order valence-electron chi connectivity index (χ3n) is 4.46. The van der Waals surface area contributed by atoms with Crippen LogP contribution in [0.1, 0.15) is 53.4 Å². The number of rotatable bonds is 10. The summed E-state index contributed by atoms with van der Waals surface area (Å²) in [5, 5.41) is 0. The molecule has 0 aromatic rings. The Hall–Kier alpha value is -0.200. The molecule has 0 saturated carbocycles. The molecule has 0 spiro atoms. The zero-order chi connectivity index (χ0) is 16.8. The fourth-order valence-electron chi connectivity index (χ4n) is 3.11. The maximum absolute atomic E-state index is 6.06. The Kier molecular flexibility index (Phi) is 7.29. The van der Waals surface area contributed by atoms with Crippen LogP contribution in [-0.4, -0.2) is 63.1 Å². The van der Waals surface area contributed by atoms with Crippen molar-refractivity contribution in [3.05, 3.63) is 0 Å². The van der Waals surface area contributed by atoms with Gasteiger partial charge in [-0.05, 0) is 53.4 Å². The van der Waals surface area contributed by atoms with Crippen LogP contribution in [-0.2, 0) is 23.7 Å². The topological polar surface area (TPSA) is 46.2 Å². The van der Waals surface area contributed by atoms with Crippen LogP contribution in [0.4, 0.5) is 0 Å². The predicted molar refractivity (Wildman–Crippen MR) is 88.8 cm³/mol. The van der Waals surface area contributed by atoms with E-state index in [2.05, 4.69) is 0 Å². The number of hydrogen-bond donors (Lipinski definition) is 0. The molecule has 2 fully saturated rings. The Morgan fingerprint density at radius 1 is 0.739 bits per heavy atom. The van der Waals surface area contributed by atoms with Crippen molar-refractivity contribution in [3.8, 4) is 0 Å². The molecule has 0 aliphatic carbocycles. The van der Waals surface area contributed by atoms with E-state index in [1.807, 2.05) is 27.7 Å². The molecule has 0 aromatic carbocycles. The molecule has 2 unspecified atom stereocenters. The Morgan fingerprint density at radius 3 is 1.48 bits per heavy atom. The largest absolute Gasteiger partial charge is 0.376 e. The summed E-state index contributed by atoms with van der Waals surface area (Å²) in [5.74, 6) is 0. The first-order valence-corrected chi connectivity index (χ1v) is 9.04. The normalized spacial score (nSPS) is 31.6. The van der Waals surface area contributed by atoms with E-state index in [9.17, 15) is 0 Å². The van der Waals surface area contributed by atoms with Crippen LogP contribution >= 0.6 is 0 Å². The Labute approximate surface area is 140 Å². The molecule has 0 N–H and O–H groups in total. The molecule has 2 aliphatic rings. The minimum Gasteiger partial charge on any atom is -0.376 e. The summed E-state index contributed by atoms with van der Waals surface area (Å²) in [5.41, 5.74) is -0.577. The molecule has 2 aliphatic heterocycles. The van der Waals surface area contributed by atoms with Gasteiger partial charge >= 0.3 is 0 Å². The third kappa shape index (κ3) is 5.98. The monoisotopic (exact) mass is 330 g/mol. The summed E-state index contributed by atoms with van der Waals surface area (Å²) in [4.78, 5) is 0. The Bertz CT molecular complexity index is 298. The highest BCUT2D eigenvalue weighted by atomic mass is 16.6. The van der Waals surface area contributed by atoms with E-state index >= 15 is 0 Å². The van der Waals surface area contributed by atoms with Gasteiger partial charge in [0.25, 0.3) is 0 Å². The van der Waals surface area contributed by atoms with E-state index < -0.39 is 0 Å². The molecule has 2 rings (SSSR count). The van der Waals surface area contributed by atoms with Crippen LogP contribution in [0.3, 0.4) is 0 Å². The van der Waals surface area contributed by atoms with Gasteiger partial charge < -0.3 is 23.7 Å². The summed E-state index contributed by atoms with van der Waals surface area (Å²) in [7, 11) is 0. The molecule has 2 saturated heterocycles. The van der Waals surface area contributed by atoms with Crippen LogP contribution in [0.25, 0.3) is 0 Å². The molecular formula is C18H34O5. The second-order valence-corrected chi connectivity index (χ2v) is 7.48. The Balaban J connectivity index is 1.82. The van der Waals surface area contributed by atoms with Crippen molar-refractivity contribution < 1.29 is 23.7 Å². The number of hydrogen-bond acceptors (Lipinski definition) is 5. The van der Waals surface area contributed by atoms with Gasteiger partial charge in [0.05, 0.1) is 38.6 Å². The maximum atomic E-state index is 6.06. The second kappa shape index (κ2) is 8.77. The molecule has 5 heteroatoms. The lowest BCUT2D eigenvalue weighted by atomic mass is 10.0. The van der Waals surface area contributed by atoms with Gasteiger partial charge in [-0.2, -0.15) is 0 Å². The fourth-order valence-corrected chi connectivity index (χ4v) is 3.11. The van der Waals surface area contributed by atoms with Gasteiger partial charge in [-0.3, -0.25) is 0 Å². The Morgan fingerprint density at radius 2 is 1.17 bits per heavy atom. The van der Waals surface area contributed by atoms with E-state index in [1.54, 1.807) is 0 Å². The average Bonchev–Trinajstić information content (AvgIpc) is 3.14. The summed E-state index contributed by atoms with van der Waals surface area (Å²) >= 11 is 0. The molecule has 23 heavy (non-hydrogen) atoms. The maximum Gasteiger partial charge on any atom is 0.115 e. The van der Waals surface area contributed by atoms with Crippen molar-refractivity contribution in [1.82, 2.24) is 0 Å². The van der Waals surface area contributed by atoms with Gasteiger partial charge in [0.1, 0.15) is 11.2 Å². The first-order chi connectivity index (χ1) is 11.0. The lowest BCUT2D eigenvalue weighted by Crippen LogP contribution is -2.44. The van der Waals surface area contributed by atoms with E-state index in [-0.39, 0.29) is 23.4 Å². The van der Waals surface area contributed by atoms with Gasteiger partial charge in [0.15, 0.2) is 0 Å². The first kappa shape index (κ1) is 19.1. The molecule has 2 atom stereocenters. The summed E-state index contributed by atoms with van der Waals surface area (Å²) in [6.45, 7) is 12.1. The van der Waals surface area contributed by atoms with Gasteiger partial charge in [0.2, 0.25) is 0 Å². The standard InChI is InChI=1S/C18H34O5/c1-15(2)20-13-17(7-5-9-22-17)11-19-12-18(8-6-10-23-18)14-21-16(3)4/h15-16H,5-14H2,1-4H3. The van der Waals surface area contributed by atoms with E-state index in [4.69, 9.17) is 23.7 Å². The van der Waals surface area contributed by atoms with E-state index in [0.29, 0.717) is 26.4 Å². The fraction of sp³-hybridized carbons (Fsp3) is 1.00. The summed E-state index contributed by atoms with van der Waals surface area (Å²) in [6, 6.07) is 0. The lowest BCUT2D eigenvalue weighted by molar-refractivity contribution is -0.154. The molecule has 2 heterocycles. The highest BCUT2D eigenvalue weighted by molar-refractivity contribution is 4.88. The van der Waals surface area contributed by atoms with Crippen molar-refractivity contribution in [3.63, 3.8) is 0 Å². The average molecular weight is 330 g/mol. The highest BCUT2D eigenvalue weighted by Gasteiger charge is 2.40. The highest BCUT2D eigenvalue weighted by Crippen LogP contribution is 2.30. The van der Waals surface area contributed by atoms with Crippen LogP contribution in [0, 0.1) is 0 Å². The van der Waals surface area contributed by atoms with Crippen molar-refractivity contribution in [2.75, 3.05) is 39.6 Å². The molecule has 0 aromatic heterocycles. The van der Waals surface area contributed by atoms with Gasteiger partial charge in [-0.25, -0.2) is 0 Å². The van der Waals surface area contributed by atoms with E-state index in [1.165, 1.54) is 0 Å². The molecule has 0 bridgehead atoms. The summed E-state index contributed by atoms with van der Waals surface area (Å²) in [6.07, 6.45) is 4.55. The van der Waals surface area contributed by atoms with Crippen LogP contribution in [0.2, 0.25) is 0 Å². The molecule has 5 nitrogen and oxygen atoms in total. The zero-order valence-corrected chi connectivity index (χ0v) is 15.3. The molecule has 0 radical (unpaired) electrons. The van der Waals surface area contributed by atoms with Gasteiger partial charge in [-0.1, -0.05) is 0 Å². The molecule has 0 amide bonds. The van der Waals surface area contributed by atoms with Crippen LogP contribution < -0.4 is 0 Å². The quantitative estimate of drug-likeness (QED) is 0.616. The van der Waals surface area contributed by atoms with Crippen molar-refractivity contribution in [2.45, 2.75) is 76.8 Å². The van der Waals surface area contributed by atoms with Crippen molar-refractivity contribution >= 4 is 0 Å². The smallest absolute Gasteiger partial charge is 0.115 e. The molecule has 136 valence electrons. The molecular weight excluding hydrogens is 296 g/mol. The summed E-state index contributed by atoms with van der Waals surface area (Å²) < 4.78 is 29.6. The lowest BCUT2D eigenvalue weighted by Gasteiger charge is -2.33. The first-order valence-electron chi connectivity index (χ1n) is 9.04. The zero-order valence-electron chi connectivity index (χ0n) is 15.3. The third-order valence-corrected chi connectivity index (χ3v) is 4.46. The van der Waals surface area contributed by atoms with Gasteiger partial charge in [-0.15, -0.1) is 0 Å². The van der Waals surface area contributed by atoms with Crippen LogP contribution in [0.15, 0.2) is 0 Å². The van der Waals surface area contributed by atoms with Gasteiger partial charge in [0, 0.05) is 13.2 Å². The van der Waals surface area contributed by atoms with Crippen molar-refractivity contribution in [1.29, 1.82) is 0 Å². The van der Waals surface area contributed by atoms with Crippen LogP contribution in [0.5, 0.6) is 0 Å². The van der Waals surface area contributed by atoms with E-state index in [0.717, 1.165) is 38.9 Å². The SMILES string of the molecule is CC(C)OCC1(COCC2(COC(C)C)CCCO2)CCCO1. The van der Waals surface area contributed by atoms with Crippen molar-refractivity contribution in [2.24, 2.45) is 0 Å². The number of ether oxygens (including phenoxy) is 5. The predicted octanol–water partition coefficient (Wildman–Crippen LogP) is 2.95. The second-order valence-electron chi connectivity index (χ2n) is 7.48.